The molecule has 0 aliphatic rings. The molecule has 1 heterocycles. The largest absolute Gasteiger partial charge is 0.352 e. The molecule has 1 aromatic carbocycles. The van der Waals surface area contributed by atoms with Crippen molar-refractivity contribution in [2.24, 2.45) is 0 Å². The van der Waals surface area contributed by atoms with Crippen molar-refractivity contribution in [1.29, 1.82) is 0 Å². The fourth-order valence-electron chi connectivity index (χ4n) is 1.91. The van der Waals surface area contributed by atoms with Gasteiger partial charge in [-0.1, -0.05) is 6.92 Å². The third kappa shape index (κ3) is 2.42. The molecule has 94 valence electrons. The molecule has 18 heavy (non-hydrogen) atoms. The van der Waals surface area contributed by atoms with Crippen LogP contribution in [0.2, 0.25) is 0 Å². The minimum absolute atomic E-state index is 0.0285. The minimum atomic E-state index is -0.0285. The summed E-state index contributed by atoms with van der Waals surface area (Å²) in [6.07, 6.45) is 4.51. The van der Waals surface area contributed by atoms with E-state index < -0.39 is 0 Å². The Morgan fingerprint density at radius 2 is 2.22 bits per heavy atom. The first-order chi connectivity index (χ1) is 8.76. The molecular formula is C14H17N3O. The molecule has 0 aliphatic carbocycles. The van der Waals surface area contributed by atoms with Crippen LogP contribution in [0.3, 0.4) is 0 Å². The molecule has 0 atom stereocenters. The Hall–Kier alpha value is -2.10. The van der Waals surface area contributed by atoms with Crippen molar-refractivity contribution in [2.75, 3.05) is 6.54 Å². The number of carbonyl (C=O) groups excluding carboxylic acids is 1. The van der Waals surface area contributed by atoms with E-state index in [1.165, 1.54) is 0 Å². The summed E-state index contributed by atoms with van der Waals surface area (Å²) in [7, 11) is 0. The van der Waals surface area contributed by atoms with Crippen molar-refractivity contribution in [3.05, 3.63) is 47.8 Å². The van der Waals surface area contributed by atoms with Gasteiger partial charge in [-0.2, -0.15) is 5.10 Å². The van der Waals surface area contributed by atoms with E-state index >= 15 is 0 Å². The molecule has 0 aliphatic heterocycles. The highest BCUT2D eigenvalue weighted by atomic mass is 16.1. The summed E-state index contributed by atoms with van der Waals surface area (Å²) in [4.78, 5) is 11.8. The van der Waals surface area contributed by atoms with Crippen LogP contribution in [0.1, 0.15) is 29.8 Å². The Morgan fingerprint density at radius 1 is 1.39 bits per heavy atom. The molecule has 1 aromatic heterocycles. The molecule has 0 bridgehead atoms. The number of benzene rings is 1. The van der Waals surface area contributed by atoms with Gasteiger partial charge in [0.25, 0.3) is 5.91 Å². The summed E-state index contributed by atoms with van der Waals surface area (Å²) in [5, 5.41) is 7.03. The SMILES string of the molecule is CCNC(=O)c1ccc(-n2cccn2)c(CC)c1. The third-order valence-electron chi connectivity index (χ3n) is 2.81. The lowest BCUT2D eigenvalue weighted by molar-refractivity contribution is 0.0955. The van der Waals surface area contributed by atoms with Crippen molar-refractivity contribution in [1.82, 2.24) is 15.1 Å². The van der Waals surface area contributed by atoms with Crippen LogP contribution in [0.5, 0.6) is 0 Å². The molecule has 2 rings (SSSR count). The first kappa shape index (κ1) is 12.4. The molecule has 1 N–H and O–H groups in total. The van der Waals surface area contributed by atoms with Crippen LogP contribution < -0.4 is 5.32 Å². The first-order valence-electron chi connectivity index (χ1n) is 6.17. The minimum Gasteiger partial charge on any atom is -0.352 e. The number of hydrogen-bond donors (Lipinski definition) is 1. The average molecular weight is 243 g/mol. The molecule has 0 fully saturated rings. The molecule has 0 unspecified atom stereocenters. The van der Waals surface area contributed by atoms with Crippen molar-refractivity contribution in [3.8, 4) is 5.69 Å². The quantitative estimate of drug-likeness (QED) is 0.894. The number of aryl methyl sites for hydroxylation is 1. The zero-order valence-electron chi connectivity index (χ0n) is 10.7. The molecule has 4 heteroatoms. The van der Waals surface area contributed by atoms with Gasteiger partial charge in [0.2, 0.25) is 0 Å². The average Bonchev–Trinajstić information content (AvgIpc) is 2.92. The van der Waals surface area contributed by atoms with E-state index in [2.05, 4.69) is 17.3 Å². The van der Waals surface area contributed by atoms with Crippen LogP contribution >= 0.6 is 0 Å². The van der Waals surface area contributed by atoms with E-state index in [9.17, 15) is 4.79 Å². The Morgan fingerprint density at radius 3 is 2.83 bits per heavy atom. The molecule has 0 spiro atoms. The van der Waals surface area contributed by atoms with Gasteiger partial charge in [0.05, 0.1) is 5.69 Å². The van der Waals surface area contributed by atoms with Crippen LogP contribution in [0.15, 0.2) is 36.7 Å². The summed E-state index contributed by atoms with van der Waals surface area (Å²) in [5.41, 5.74) is 2.84. The highest BCUT2D eigenvalue weighted by Crippen LogP contribution is 2.16. The van der Waals surface area contributed by atoms with Gasteiger partial charge in [0.1, 0.15) is 0 Å². The summed E-state index contributed by atoms with van der Waals surface area (Å²) in [6, 6.07) is 7.59. The second-order valence-corrected chi connectivity index (χ2v) is 4.01. The number of hydrogen-bond acceptors (Lipinski definition) is 2. The first-order valence-corrected chi connectivity index (χ1v) is 6.17. The topological polar surface area (TPSA) is 46.9 Å². The van der Waals surface area contributed by atoms with E-state index in [1.807, 2.05) is 42.1 Å². The van der Waals surface area contributed by atoms with Crippen LogP contribution in [0, 0.1) is 0 Å². The number of amides is 1. The molecule has 0 saturated carbocycles. The highest BCUT2D eigenvalue weighted by molar-refractivity contribution is 5.94. The number of rotatable bonds is 4. The van der Waals surface area contributed by atoms with E-state index in [0.29, 0.717) is 12.1 Å². The maximum atomic E-state index is 11.8. The fourth-order valence-corrected chi connectivity index (χ4v) is 1.91. The Bertz CT molecular complexity index is 532. The zero-order chi connectivity index (χ0) is 13.0. The van der Waals surface area contributed by atoms with Gasteiger partial charge in [0, 0.05) is 24.5 Å². The Kier molecular flexibility index (Phi) is 3.77. The predicted molar refractivity (Wildman–Crippen MR) is 70.9 cm³/mol. The maximum absolute atomic E-state index is 11.8. The lowest BCUT2D eigenvalue weighted by atomic mass is 10.1. The van der Waals surface area contributed by atoms with Crippen LogP contribution in [-0.4, -0.2) is 22.2 Å². The highest BCUT2D eigenvalue weighted by Gasteiger charge is 2.09. The smallest absolute Gasteiger partial charge is 0.251 e. The maximum Gasteiger partial charge on any atom is 0.251 e. The third-order valence-corrected chi connectivity index (χ3v) is 2.81. The van der Waals surface area contributed by atoms with Crippen LogP contribution in [-0.2, 0) is 6.42 Å². The molecule has 0 radical (unpaired) electrons. The van der Waals surface area contributed by atoms with Crippen molar-refractivity contribution in [2.45, 2.75) is 20.3 Å². The summed E-state index contributed by atoms with van der Waals surface area (Å²) < 4.78 is 1.82. The lowest BCUT2D eigenvalue weighted by Crippen LogP contribution is -2.22. The second-order valence-electron chi connectivity index (χ2n) is 4.01. The lowest BCUT2D eigenvalue weighted by Gasteiger charge is -2.10. The summed E-state index contributed by atoms with van der Waals surface area (Å²) in [5.74, 6) is -0.0285. The second kappa shape index (κ2) is 5.49. The van der Waals surface area contributed by atoms with E-state index in [0.717, 1.165) is 17.7 Å². The molecule has 4 nitrogen and oxygen atoms in total. The zero-order valence-corrected chi connectivity index (χ0v) is 10.7. The van der Waals surface area contributed by atoms with Crippen molar-refractivity contribution < 1.29 is 4.79 Å². The van der Waals surface area contributed by atoms with Crippen LogP contribution in [0.4, 0.5) is 0 Å². The fraction of sp³-hybridized carbons (Fsp3) is 0.286. The van der Waals surface area contributed by atoms with E-state index in [4.69, 9.17) is 0 Å². The number of carbonyl (C=O) groups is 1. The van der Waals surface area contributed by atoms with Gasteiger partial charge in [-0.05, 0) is 43.2 Å². The van der Waals surface area contributed by atoms with Crippen molar-refractivity contribution >= 4 is 5.91 Å². The number of nitrogens with one attached hydrogen (secondary N) is 1. The number of nitrogens with zero attached hydrogens (tertiary/aromatic N) is 2. The van der Waals surface area contributed by atoms with Gasteiger partial charge in [-0.25, -0.2) is 4.68 Å². The standard InChI is InChI=1S/C14H17N3O/c1-3-11-10-12(14(18)15-4-2)6-7-13(11)17-9-5-8-16-17/h5-10H,3-4H2,1-2H3,(H,15,18). The van der Waals surface area contributed by atoms with Gasteiger partial charge in [0.15, 0.2) is 0 Å². The van der Waals surface area contributed by atoms with Gasteiger partial charge in [-0.3, -0.25) is 4.79 Å². The van der Waals surface area contributed by atoms with Gasteiger partial charge < -0.3 is 5.32 Å². The monoisotopic (exact) mass is 243 g/mol. The van der Waals surface area contributed by atoms with Crippen molar-refractivity contribution in [3.63, 3.8) is 0 Å². The molecule has 1 amide bonds. The molecule has 0 saturated heterocycles. The molecule has 2 aromatic rings. The number of aromatic nitrogens is 2. The predicted octanol–water partition coefficient (Wildman–Crippen LogP) is 2.18. The van der Waals surface area contributed by atoms with E-state index in [-0.39, 0.29) is 5.91 Å². The molecular weight excluding hydrogens is 226 g/mol. The normalized spacial score (nSPS) is 10.3. The Labute approximate surface area is 107 Å². The summed E-state index contributed by atoms with van der Waals surface area (Å²) >= 11 is 0. The van der Waals surface area contributed by atoms with Gasteiger partial charge in [-0.15, -0.1) is 0 Å². The van der Waals surface area contributed by atoms with Gasteiger partial charge >= 0.3 is 0 Å². The van der Waals surface area contributed by atoms with E-state index in [1.54, 1.807) is 6.20 Å². The van der Waals surface area contributed by atoms with Crippen LogP contribution in [0.25, 0.3) is 5.69 Å². The Balaban J connectivity index is 2.38. The summed E-state index contributed by atoms with van der Waals surface area (Å²) in [6.45, 7) is 4.63.